The van der Waals surface area contributed by atoms with E-state index in [9.17, 15) is 0 Å². The summed E-state index contributed by atoms with van der Waals surface area (Å²) in [6.07, 6.45) is 0. The van der Waals surface area contributed by atoms with Gasteiger partial charge in [0.05, 0.1) is 22.3 Å². The quantitative estimate of drug-likeness (QED) is 0.185. The molecule has 4 nitrogen and oxygen atoms in total. The minimum atomic E-state index is 0.645. The zero-order valence-corrected chi connectivity index (χ0v) is 27.7. The van der Waals surface area contributed by atoms with Crippen LogP contribution in [-0.4, -0.2) is 19.5 Å². The van der Waals surface area contributed by atoms with Gasteiger partial charge in [0.25, 0.3) is 0 Å². The van der Waals surface area contributed by atoms with Crippen LogP contribution in [0.4, 0.5) is 0 Å². The van der Waals surface area contributed by atoms with Gasteiger partial charge in [0.2, 0.25) is 0 Å². The Hall–Kier alpha value is -6.43. The van der Waals surface area contributed by atoms with E-state index in [-0.39, 0.29) is 0 Å². The summed E-state index contributed by atoms with van der Waals surface area (Å²) in [6, 6.07) is 59.7. The Morgan fingerprint density at radius 3 is 1.62 bits per heavy atom. The lowest BCUT2D eigenvalue weighted by Crippen LogP contribution is -2.04. The molecule has 0 spiro atoms. The van der Waals surface area contributed by atoms with Gasteiger partial charge in [-0.05, 0) is 35.4 Å². The van der Waals surface area contributed by atoms with Crippen molar-refractivity contribution in [2.75, 3.05) is 0 Å². The molecule has 0 atom stereocenters. The molecule has 0 saturated carbocycles. The third-order valence-electron chi connectivity index (χ3n) is 9.47. The molecule has 3 heterocycles. The minimum absolute atomic E-state index is 0.645. The lowest BCUT2D eigenvalue weighted by molar-refractivity contribution is 1.07. The number of hydrogen-bond donors (Lipinski definition) is 0. The largest absolute Gasteiger partial charge is 0.308 e. The number of rotatable bonds is 5. The molecule has 10 rings (SSSR count). The van der Waals surface area contributed by atoms with Crippen LogP contribution in [0, 0.1) is 0 Å². The lowest BCUT2D eigenvalue weighted by atomic mass is 10.0. The van der Waals surface area contributed by atoms with E-state index in [1.807, 2.05) is 36.4 Å². The van der Waals surface area contributed by atoms with Gasteiger partial charge < -0.3 is 4.57 Å². The zero-order valence-electron chi connectivity index (χ0n) is 26.9. The Bertz CT molecular complexity index is 2800. The Balaban J connectivity index is 1.34. The van der Waals surface area contributed by atoms with Gasteiger partial charge in [-0.1, -0.05) is 146 Å². The van der Waals surface area contributed by atoms with Gasteiger partial charge in [0.1, 0.15) is 0 Å². The highest BCUT2D eigenvalue weighted by Crippen LogP contribution is 2.45. The van der Waals surface area contributed by atoms with E-state index in [1.54, 1.807) is 11.3 Å². The Labute approximate surface area is 292 Å². The predicted octanol–water partition coefficient (Wildman–Crippen LogP) is 12.0. The van der Waals surface area contributed by atoms with Crippen molar-refractivity contribution in [3.63, 3.8) is 0 Å². The van der Waals surface area contributed by atoms with Gasteiger partial charge >= 0.3 is 0 Å². The maximum Gasteiger partial charge on any atom is 0.167 e. The van der Waals surface area contributed by atoms with Crippen molar-refractivity contribution < 1.29 is 0 Å². The molecule has 3 aromatic heterocycles. The first kappa shape index (κ1) is 28.6. The summed E-state index contributed by atoms with van der Waals surface area (Å²) in [5.41, 5.74) is 8.54. The van der Waals surface area contributed by atoms with E-state index in [2.05, 4.69) is 138 Å². The Kier molecular flexibility index (Phi) is 6.64. The molecule has 0 fully saturated rings. The molecule has 0 aliphatic carbocycles. The van der Waals surface area contributed by atoms with E-state index in [0.29, 0.717) is 17.5 Å². The maximum atomic E-state index is 5.29. The van der Waals surface area contributed by atoms with Crippen molar-refractivity contribution in [3.8, 4) is 51.0 Å². The van der Waals surface area contributed by atoms with Crippen LogP contribution in [0.2, 0.25) is 0 Å². The fourth-order valence-electron chi connectivity index (χ4n) is 7.14. The SMILES string of the molecule is c1ccc(-c2ccc3c4ccccc4n(-c4ccc5c(sc6ccccc65)c4-c4nc(-c5ccccc5)nc(-c5ccccc5)n4)c3c2)cc1. The highest BCUT2D eigenvalue weighted by atomic mass is 32.1. The van der Waals surface area contributed by atoms with Gasteiger partial charge in [-0.2, -0.15) is 0 Å². The lowest BCUT2D eigenvalue weighted by Gasteiger charge is -2.16. The van der Waals surface area contributed by atoms with Gasteiger partial charge in [-0.25, -0.2) is 15.0 Å². The second kappa shape index (κ2) is 11.6. The molecular formula is C45H28N4S. The summed E-state index contributed by atoms with van der Waals surface area (Å²) in [6.45, 7) is 0. The number of benzene rings is 7. The second-order valence-electron chi connectivity index (χ2n) is 12.4. The molecule has 0 unspecified atom stereocenters. The first-order valence-electron chi connectivity index (χ1n) is 16.7. The molecule has 0 aliphatic rings. The van der Waals surface area contributed by atoms with Gasteiger partial charge in [0, 0.05) is 42.1 Å². The summed E-state index contributed by atoms with van der Waals surface area (Å²) in [7, 11) is 0. The van der Waals surface area contributed by atoms with Gasteiger partial charge in [-0.15, -0.1) is 11.3 Å². The minimum Gasteiger partial charge on any atom is -0.308 e. The molecule has 0 bridgehead atoms. The molecule has 10 aromatic rings. The summed E-state index contributed by atoms with van der Waals surface area (Å²) >= 11 is 1.79. The van der Waals surface area contributed by atoms with Crippen molar-refractivity contribution in [1.29, 1.82) is 0 Å². The number of hydrogen-bond acceptors (Lipinski definition) is 4. The van der Waals surface area contributed by atoms with Crippen LogP contribution < -0.4 is 0 Å². The third kappa shape index (κ3) is 4.63. The van der Waals surface area contributed by atoms with Crippen LogP contribution in [-0.2, 0) is 0 Å². The normalized spacial score (nSPS) is 11.6. The predicted molar refractivity (Wildman–Crippen MR) is 209 cm³/mol. The van der Waals surface area contributed by atoms with Crippen LogP contribution in [0.25, 0.3) is 93.0 Å². The standard InChI is InChI=1S/C45H28N4S/c1-4-14-29(15-5-1)32-24-25-34-33-20-10-12-22-37(33)49(39(34)28-32)38-27-26-36-35-21-11-13-23-40(35)50-42(36)41(38)45-47-43(30-16-6-2-7-17-30)46-44(48-45)31-18-8-3-9-19-31/h1-28H. The topological polar surface area (TPSA) is 43.6 Å². The summed E-state index contributed by atoms with van der Waals surface area (Å²) in [5.74, 6) is 1.94. The highest BCUT2D eigenvalue weighted by molar-refractivity contribution is 7.26. The molecule has 0 radical (unpaired) electrons. The van der Waals surface area contributed by atoms with Crippen molar-refractivity contribution in [1.82, 2.24) is 19.5 Å². The number of para-hydroxylation sites is 1. The van der Waals surface area contributed by atoms with Gasteiger partial charge in [0.15, 0.2) is 17.5 Å². The van der Waals surface area contributed by atoms with Crippen LogP contribution >= 0.6 is 11.3 Å². The molecule has 234 valence electrons. The molecule has 0 N–H and O–H groups in total. The monoisotopic (exact) mass is 656 g/mol. The summed E-state index contributed by atoms with van der Waals surface area (Å²) in [4.78, 5) is 15.6. The number of nitrogens with zero attached hydrogens (tertiary/aromatic N) is 4. The van der Waals surface area contributed by atoms with Crippen LogP contribution in [0.3, 0.4) is 0 Å². The number of aromatic nitrogens is 4. The van der Waals surface area contributed by atoms with Crippen LogP contribution in [0.15, 0.2) is 170 Å². The van der Waals surface area contributed by atoms with Gasteiger partial charge in [-0.3, -0.25) is 0 Å². The van der Waals surface area contributed by atoms with Crippen LogP contribution in [0.5, 0.6) is 0 Å². The van der Waals surface area contributed by atoms with E-state index in [0.717, 1.165) is 38.1 Å². The van der Waals surface area contributed by atoms with Crippen molar-refractivity contribution >= 4 is 53.3 Å². The molecular weight excluding hydrogens is 629 g/mol. The average Bonchev–Trinajstić information content (AvgIpc) is 3.74. The summed E-state index contributed by atoms with van der Waals surface area (Å²) in [5, 5.41) is 4.83. The Morgan fingerprint density at radius 2 is 0.920 bits per heavy atom. The zero-order chi connectivity index (χ0) is 33.0. The smallest absolute Gasteiger partial charge is 0.167 e. The van der Waals surface area contributed by atoms with Crippen LogP contribution in [0.1, 0.15) is 0 Å². The van der Waals surface area contributed by atoms with E-state index in [1.165, 1.54) is 37.4 Å². The number of fused-ring (bicyclic) bond motifs is 6. The molecule has 0 aliphatic heterocycles. The van der Waals surface area contributed by atoms with Crippen molar-refractivity contribution in [2.45, 2.75) is 0 Å². The van der Waals surface area contributed by atoms with Crippen molar-refractivity contribution in [2.24, 2.45) is 0 Å². The number of thiophene rings is 1. The van der Waals surface area contributed by atoms with E-state index in [4.69, 9.17) is 15.0 Å². The molecule has 50 heavy (non-hydrogen) atoms. The Morgan fingerprint density at radius 1 is 0.380 bits per heavy atom. The second-order valence-corrected chi connectivity index (χ2v) is 13.5. The van der Waals surface area contributed by atoms with E-state index >= 15 is 0 Å². The molecule has 5 heteroatoms. The average molecular weight is 657 g/mol. The maximum absolute atomic E-state index is 5.29. The first-order valence-corrected chi connectivity index (χ1v) is 17.5. The fourth-order valence-corrected chi connectivity index (χ4v) is 8.38. The molecule has 0 saturated heterocycles. The highest BCUT2D eigenvalue weighted by Gasteiger charge is 2.23. The summed E-state index contributed by atoms with van der Waals surface area (Å²) < 4.78 is 4.79. The van der Waals surface area contributed by atoms with Crippen molar-refractivity contribution in [3.05, 3.63) is 170 Å². The molecule has 7 aromatic carbocycles. The molecule has 0 amide bonds. The first-order chi connectivity index (χ1) is 24.8. The third-order valence-corrected chi connectivity index (χ3v) is 10.7. The van der Waals surface area contributed by atoms with E-state index < -0.39 is 0 Å². The fraction of sp³-hybridized carbons (Fsp3) is 0.